The molecule has 0 atom stereocenters. The van der Waals surface area contributed by atoms with Crippen molar-refractivity contribution in [3.05, 3.63) is 254 Å². The van der Waals surface area contributed by atoms with Crippen LogP contribution in [0.15, 0.2) is 243 Å². The molecule has 272 valence electrons. The van der Waals surface area contributed by atoms with E-state index in [4.69, 9.17) is 0 Å². The van der Waals surface area contributed by atoms with Crippen molar-refractivity contribution in [3.63, 3.8) is 0 Å². The van der Waals surface area contributed by atoms with Gasteiger partial charge >= 0.3 is 0 Å². The maximum absolute atomic E-state index is 9.57. The highest BCUT2D eigenvalue weighted by Crippen LogP contribution is 2.86. The summed E-state index contributed by atoms with van der Waals surface area (Å²) in [6.45, 7) is 4.13. The summed E-state index contributed by atoms with van der Waals surface area (Å²) in [5, 5.41) is 7.52. The SMILES string of the molecule is C=CCc1ccccc1-c1ccccc1CC(Cl)([P+](c1ccccc1)(c1ccccc1)c1ccccc1)[P+](c1ccccc1)(c1ccccc1)c1ccccc1. The first-order valence-corrected chi connectivity index (χ1v) is 23.2. The monoisotopic (exact) mass is 778 g/mol. The zero-order valence-corrected chi connectivity index (χ0v) is 34.0. The minimum Gasteiger partial charge on any atom is -0.103 e. The van der Waals surface area contributed by atoms with E-state index >= 15 is 0 Å². The Morgan fingerprint density at radius 2 is 0.607 bits per heavy atom. The van der Waals surface area contributed by atoms with Crippen LogP contribution in [0.2, 0.25) is 0 Å². The highest BCUT2D eigenvalue weighted by molar-refractivity contribution is 8.13. The molecule has 0 nitrogen and oxygen atoms in total. The van der Waals surface area contributed by atoms with Crippen molar-refractivity contribution >= 4 is 58.0 Å². The number of hydrogen-bond donors (Lipinski definition) is 0. The van der Waals surface area contributed by atoms with E-state index in [2.05, 4.69) is 237 Å². The number of halogens is 1. The second kappa shape index (κ2) is 16.8. The average Bonchev–Trinajstić information content (AvgIpc) is 3.27. The predicted octanol–water partition coefficient (Wildman–Crippen LogP) is 11.5. The van der Waals surface area contributed by atoms with Crippen LogP contribution in [0.4, 0.5) is 0 Å². The van der Waals surface area contributed by atoms with Crippen molar-refractivity contribution in [2.24, 2.45) is 0 Å². The third kappa shape index (κ3) is 6.47. The second-order valence-electron chi connectivity index (χ2n) is 14.1. The number of allylic oxidation sites excluding steroid dienone is 1. The molecule has 3 heteroatoms. The molecule has 0 aliphatic carbocycles. The fourth-order valence-corrected chi connectivity index (χ4v) is 23.2. The van der Waals surface area contributed by atoms with Crippen LogP contribution >= 0.6 is 26.1 Å². The maximum Gasteiger partial charge on any atom is 0.281 e. The van der Waals surface area contributed by atoms with Crippen LogP contribution in [-0.2, 0) is 12.8 Å². The van der Waals surface area contributed by atoms with Crippen LogP contribution in [0.3, 0.4) is 0 Å². The smallest absolute Gasteiger partial charge is 0.103 e. The summed E-state index contributed by atoms with van der Waals surface area (Å²) in [5.74, 6) is 0. The maximum atomic E-state index is 9.57. The zero-order valence-electron chi connectivity index (χ0n) is 31.4. The summed E-state index contributed by atoms with van der Waals surface area (Å²) < 4.78 is -0.961. The minimum absolute atomic E-state index is 0.589. The van der Waals surface area contributed by atoms with Crippen molar-refractivity contribution in [1.82, 2.24) is 0 Å². The van der Waals surface area contributed by atoms with Gasteiger partial charge in [-0.1, -0.05) is 164 Å². The fourth-order valence-electron chi connectivity index (χ4n) is 8.75. The lowest BCUT2D eigenvalue weighted by atomic mass is 9.93. The molecule has 8 aromatic carbocycles. The highest BCUT2D eigenvalue weighted by Gasteiger charge is 2.78. The quantitative estimate of drug-likeness (QED) is 0.0621. The van der Waals surface area contributed by atoms with Crippen molar-refractivity contribution in [1.29, 1.82) is 0 Å². The van der Waals surface area contributed by atoms with E-state index in [0.717, 1.165) is 6.42 Å². The Morgan fingerprint density at radius 1 is 0.357 bits per heavy atom. The van der Waals surface area contributed by atoms with E-state index in [1.807, 2.05) is 6.08 Å². The van der Waals surface area contributed by atoms with Gasteiger partial charge in [0.25, 0.3) is 4.36 Å². The van der Waals surface area contributed by atoms with Crippen LogP contribution in [0.1, 0.15) is 11.1 Å². The summed E-state index contributed by atoms with van der Waals surface area (Å²) in [6.07, 6.45) is 3.37. The lowest BCUT2D eigenvalue weighted by Crippen LogP contribution is -2.54. The predicted molar refractivity (Wildman–Crippen MR) is 248 cm³/mol. The largest absolute Gasteiger partial charge is 0.281 e. The van der Waals surface area contributed by atoms with Crippen LogP contribution < -0.4 is 31.8 Å². The molecular weight excluding hydrogens is 734 g/mol. The van der Waals surface area contributed by atoms with Gasteiger partial charge in [-0.15, -0.1) is 6.58 Å². The van der Waals surface area contributed by atoms with E-state index in [1.54, 1.807) is 0 Å². The Bertz CT molecular complexity index is 2170. The molecule has 8 rings (SSSR count). The van der Waals surface area contributed by atoms with Crippen LogP contribution in [0.5, 0.6) is 0 Å². The van der Waals surface area contributed by atoms with Gasteiger partial charge in [0.05, 0.1) is 6.42 Å². The van der Waals surface area contributed by atoms with E-state index in [9.17, 15) is 11.6 Å². The summed E-state index contributed by atoms with van der Waals surface area (Å²) in [4.78, 5) is 0. The van der Waals surface area contributed by atoms with Gasteiger partial charge in [-0.05, 0) is 113 Å². The molecule has 0 aliphatic heterocycles. The van der Waals surface area contributed by atoms with Gasteiger partial charge < -0.3 is 0 Å². The zero-order chi connectivity index (χ0) is 38.3. The van der Waals surface area contributed by atoms with Crippen molar-refractivity contribution in [3.8, 4) is 11.1 Å². The van der Waals surface area contributed by atoms with Gasteiger partial charge in [-0.25, -0.2) is 0 Å². The molecule has 0 saturated heterocycles. The van der Waals surface area contributed by atoms with Crippen LogP contribution in [0, 0.1) is 0 Å². The fraction of sp³-hybridized carbons (Fsp3) is 0.0566. The molecular formula is C53H45ClP2+2. The van der Waals surface area contributed by atoms with Gasteiger partial charge in [-0.3, -0.25) is 0 Å². The number of rotatable bonds is 13. The topological polar surface area (TPSA) is 0 Å². The molecule has 0 bridgehead atoms. The van der Waals surface area contributed by atoms with Gasteiger partial charge in [-0.2, -0.15) is 0 Å². The van der Waals surface area contributed by atoms with Crippen molar-refractivity contribution in [2.45, 2.75) is 17.2 Å². The first-order chi connectivity index (χ1) is 27.6. The van der Waals surface area contributed by atoms with Crippen molar-refractivity contribution < 1.29 is 0 Å². The summed E-state index contributed by atoms with van der Waals surface area (Å²) in [5.41, 5.74) is 4.89. The highest BCUT2D eigenvalue weighted by atomic mass is 35.5. The molecule has 56 heavy (non-hydrogen) atoms. The van der Waals surface area contributed by atoms with E-state index < -0.39 is 18.9 Å². The first-order valence-electron chi connectivity index (χ1n) is 19.2. The van der Waals surface area contributed by atoms with E-state index in [0.29, 0.717) is 6.42 Å². The standard InChI is InChI=1S/C53H45ClP2/c1-2-25-43-26-21-23-40-51(43)52-41-24-22-27-44(52)42-53(54,55(45-28-9-3-10-29-45,46-30-11-4-12-31-46)47-32-13-5-14-33-47)56(48-34-15-6-16-35-48,49-36-17-7-18-37-49)50-38-19-8-20-39-50/h2-24,26-41H,1,25,42H2/q+2. The molecule has 0 radical (unpaired) electrons. The first kappa shape index (κ1) is 37.6. The molecule has 0 aliphatic rings. The van der Waals surface area contributed by atoms with Crippen LogP contribution in [0.25, 0.3) is 11.1 Å². The third-order valence-electron chi connectivity index (χ3n) is 11.0. The molecule has 0 heterocycles. The number of alkyl halides is 1. The molecule has 0 aromatic heterocycles. The minimum atomic E-state index is -2.90. The summed E-state index contributed by atoms with van der Waals surface area (Å²) in [6, 6.07) is 84.9. The number of hydrogen-bond acceptors (Lipinski definition) is 0. The Kier molecular flexibility index (Phi) is 11.3. The second-order valence-corrected chi connectivity index (χ2v) is 22.9. The van der Waals surface area contributed by atoms with E-state index in [1.165, 1.54) is 54.1 Å². The van der Waals surface area contributed by atoms with Crippen molar-refractivity contribution in [2.75, 3.05) is 0 Å². The molecule has 0 amide bonds. The molecule has 0 N–H and O–H groups in total. The van der Waals surface area contributed by atoms with Gasteiger partial charge in [0.1, 0.15) is 31.8 Å². The third-order valence-corrected chi connectivity index (χ3v) is 23.3. The average molecular weight is 779 g/mol. The number of benzene rings is 8. The molecule has 8 aromatic rings. The van der Waals surface area contributed by atoms with Gasteiger partial charge in [0.2, 0.25) is 0 Å². The Balaban J connectivity index is 1.62. The summed E-state index contributed by atoms with van der Waals surface area (Å²) in [7, 11) is -5.79. The Hall–Kier alpha value is -5.35. The molecule has 0 spiro atoms. The Morgan fingerprint density at radius 3 is 0.911 bits per heavy atom. The van der Waals surface area contributed by atoms with E-state index in [-0.39, 0.29) is 0 Å². The molecule has 0 fully saturated rings. The lowest BCUT2D eigenvalue weighted by Gasteiger charge is -2.47. The molecule has 0 saturated carbocycles. The van der Waals surface area contributed by atoms with Gasteiger partial charge in [0.15, 0.2) is 14.5 Å². The van der Waals surface area contributed by atoms with Crippen LogP contribution in [-0.4, -0.2) is 4.36 Å². The summed E-state index contributed by atoms with van der Waals surface area (Å²) >= 11 is 9.57. The lowest BCUT2D eigenvalue weighted by molar-refractivity contribution is 1.01. The Labute approximate surface area is 338 Å². The normalized spacial score (nSPS) is 11.9. The van der Waals surface area contributed by atoms with Gasteiger partial charge in [0, 0.05) is 0 Å². The molecule has 0 unspecified atom stereocenters.